The van der Waals surface area contributed by atoms with Gasteiger partial charge in [0.15, 0.2) is 0 Å². The number of hydrogen-bond donors (Lipinski definition) is 3. The van der Waals surface area contributed by atoms with Gasteiger partial charge in [0, 0.05) is 24.8 Å². The number of nitrogens with one attached hydrogen (secondary N) is 2. The fourth-order valence-corrected chi connectivity index (χ4v) is 2.71. The van der Waals surface area contributed by atoms with E-state index in [1.807, 2.05) is 11.6 Å². The Bertz CT molecular complexity index is 445. The number of rotatable bonds is 5. The van der Waals surface area contributed by atoms with Crippen LogP contribution in [0.25, 0.3) is 0 Å². The zero-order chi connectivity index (χ0) is 14.4. The average molecular weight is 278 g/mol. The Hall–Kier alpha value is -1.56. The molecular formula is C14H26N6. The van der Waals surface area contributed by atoms with Crippen molar-refractivity contribution >= 4 is 5.96 Å². The number of aromatic nitrogens is 2. The first kappa shape index (κ1) is 14.8. The number of guanidine groups is 1. The minimum Gasteiger partial charge on any atom is -0.353 e. The molecule has 0 saturated heterocycles. The van der Waals surface area contributed by atoms with Gasteiger partial charge >= 0.3 is 0 Å². The molecule has 0 atom stereocenters. The molecule has 1 aliphatic carbocycles. The van der Waals surface area contributed by atoms with Crippen LogP contribution in [-0.4, -0.2) is 28.3 Å². The van der Waals surface area contributed by atoms with Crippen molar-refractivity contribution in [2.75, 3.05) is 6.54 Å². The highest BCUT2D eigenvalue weighted by molar-refractivity contribution is 5.79. The Morgan fingerprint density at radius 3 is 2.80 bits per heavy atom. The molecule has 0 unspecified atom stereocenters. The molecule has 1 heterocycles. The Kier molecular flexibility index (Phi) is 5.40. The van der Waals surface area contributed by atoms with Crippen LogP contribution in [0.1, 0.15) is 43.5 Å². The molecule has 112 valence electrons. The maximum Gasteiger partial charge on any atom is 0.205 e. The second kappa shape index (κ2) is 7.28. The van der Waals surface area contributed by atoms with Crippen molar-refractivity contribution in [2.24, 2.45) is 10.8 Å². The summed E-state index contributed by atoms with van der Waals surface area (Å²) in [5.41, 5.74) is 4.93. The molecule has 1 aromatic heterocycles. The molecule has 0 bridgehead atoms. The van der Waals surface area contributed by atoms with Crippen LogP contribution >= 0.6 is 0 Å². The summed E-state index contributed by atoms with van der Waals surface area (Å²) in [5.74, 6) is 6.22. The quantitative estimate of drug-likeness (QED) is 0.249. The Morgan fingerprint density at radius 1 is 1.45 bits per heavy atom. The summed E-state index contributed by atoms with van der Waals surface area (Å²) in [6, 6.07) is 2.62. The van der Waals surface area contributed by atoms with Crippen LogP contribution in [0, 0.1) is 13.8 Å². The van der Waals surface area contributed by atoms with Crippen LogP contribution in [0.2, 0.25) is 0 Å². The Balaban J connectivity index is 1.74. The van der Waals surface area contributed by atoms with Gasteiger partial charge in [-0.05, 0) is 39.2 Å². The summed E-state index contributed by atoms with van der Waals surface area (Å²) in [6.07, 6.45) is 5.99. The monoisotopic (exact) mass is 278 g/mol. The van der Waals surface area contributed by atoms with Crippen molar-refractivity contribution in [3.63, 3.8) is 0 Å². The van der Waals surface area contributed by atoms with Crippen molar-refractivity contribution in [3.8, 4) is 0 Å². The summed E-state index contributed by atoms with van der Waals surface area (Å²) >= 11 is 0. The van der Waals surface area contributed by atoms with E-state index in [0.29, 0.717) is 12.0 Å². The number of hydrazine groups is 1. The largest absolute Gasteiger partial charge is 0.353 e. The number of nitrogens with two attached hydrogens (primary N) is 1. The predicted molar refractivity (Wildman–Crippen MR) is 81.3 cm³/mol. The van der Waals surface area contributed by atoms with Crippen LogP contribution in [0.15, 0.2) is 11.1 Å². The summed E-state index contributed by atoms with van der Waals surface area (Å²) in [6.45, 7) is 5.74. The van der Waals surface area contributed by atoms with Crippen molar-refractivity contribution in [3.05, 3.63) is 17.5 Å². The summed E-state index contributed by atoms with van der Waals surface area (Å²) < 4.78 is 2.03. The molecule has 6 heteroatoms. The minimum absolute atomic E-state index is 0.529. The van der Waals surface area contributed by atoms with E-state index in [4.69, 9.17) is 5.84 Å². The first-order valence-electron chi connectivity index (χ1n) is 7.47. The minimum atomic E-state index is 0.529. The van der Waals surface area contributed by atoms with E-state index in [0.717, 1.165) is 25.2 Å². The first-order valence-corrected chi connectivity index (χ1v) is 7.47. The van der Waals surface area contributed by atoms with Crippen LogP contribution in [0.4, 0.5) is 0 Å². The maximum absolute atomic E-state index is 5.51. The highest BCUT2D eigenvalue weighted by atomic mass is 15.3. The highest BCUT2D eigenvalue weighted by Crippen LogP contribution is 2.17. The molecule has 1 saturated carbocycles. The van der Waals surface area contributed by atoms with Crippen molar-refractivity contribution in [1.82, 2.24) is 20.5 Å². The standard InChI is InChI=1S/C14H26N6/c1-11-10-12(2)20(19-11)9-5-8-16-14(18-15)17-13-6-3-4-7-13/h10,13H,3-9,15H2,1-2H3,(H2,16,17,18). The molecule has 0 radical (unpaired) electrons. The summed E-state index contributed by atoms with van der Waals surface area (Å²) in [4.78, 5) is 4.49. The van der Waals surface area contributed by atoms with Crippen LogP contribution in [-0.2, 0) is 6.54 Å². The van der Waals surface area contributed by atoms with E-state index in [-0.39, 0.29) is 0 Å². The van der Waals surface area contributed by atoms with Gasteiger partial charge in [-0.2, -0.15) is 5.10 Å². The van der Waals surface area contributed by atoms with E-state index in [9.17, 15) is 0 Å². The molecule has 6 nitrogen and oxygen atoms in total. The molecule has 1 fully saturated rings. The fourth-order valence-electron chi connectivity index (χ4n) is 2.71. The van der Waals surface area contributed by atoms with Gasteiger partial charge in [0.05, 0.1) is 5.69 Å². The zero-order valence-electron chi connectivity index (χ0n) is 12.5. The number of hydrogen-bond acceptors (Lipinski definition) is 3. The fraction of sp³-hybridized carbons (Fsp3) is 0.714. The Labute approximate surface area is 120 Å². The lowest BCUT2D eigenvalue weighted by atomic mass is 10.2. The number of aliphatic imine (C=N–C) groups is 1. The predicted octanol–water partition coefficient (Wildman–Crippen LogP) is 1.24. The topological polar surface area (TPSA) is 80.3 Å². The molecule has 2 rings (SSSR count). The Morgan fingerprint density at radius 2 is 2.20 bits per heavy atom. The van der Waals surface area contributed by atoms with E-state index >= 15 is 0 Å². The zero-order valence-corrected chi connectivity index (χ0v) is 12.5. The molecule has 20 heavy (non-hydrogen) atoms. The van der Waals surface area contributed by atoms with Crippen LogP contribution < -0.4 is 16.6 Å². The van der Waals surface area contributed by atoms with Gasteiger partial charge in [0.25, 0.3) is 0 Å². The normalized spacial score (nSPS) is 16.6. The van der Waals surface area contributed by atoms with Crippen LogP contribution in [0.3, 0.4) is 0 Å². The van der Waals surface area contributed by atoms with Gasteiger partial charge in [0.2, 0.25) is 5.96 Å². The number of aryl methyl sites for hydroxylation is 3. The third kappa shape index (κ3) is 4.23. The molecule has 4 N–H and O–H groups in total. The van der Waals surface area contributed by atoms with Crippen molar-refractivity contribution in [2.45, 2.75) is 58.5 Å². The van der Waals surface area contributed by atoms with E-state index in [1.165, 1.54) is 31.4 Å². The van der Waals surface area contributed by atoms with E-state index < -0.39 is 0 Å². The molecule has 1 aromatic rings. The van der Waals surface area contributed by atoms with Crippen LogP contribution in [0.5, 0.6) is 0 Å². The average Bonchev–Trinajstić information content (AvgIpc) is 3.03. The van der Waals surface area contributed by atoms with Gasteiger partial charge in [0.1, 0.15) is 0 Å². The molecule has 0 aromatic carbocycles. The van der Waals surface area contributed by atoms with Gasteiger partial charge in [-0.1, -0.05) is 12.8 Å². The lowest BCUT2D eigenvalue weighted by Gasteiger charge is -2.15. The van der Waals surface area contributed by atoms with Gasteiger partial charge in [-0.3, -0.25) is 15.1 Å². The summed E-state index contributed by atoms with van der Waals surface area (Å²) in [5, 5.41) is 7.81. The van der Waals surface area contributed by atoms with E-state index in [1.54, 1.807) is 0 Å². The molecule has 1 aliphatic rings. The molecule has 0 aliphatic heterocycles. The van der Waals surface area contributed by atoms with Gasteiger partial charge in [-0.15, -0.1) is 0 Å². The molecule has 0 spiro atoms. The molecule has 0 amide bonds. The van der Waals surface area contributed by atoms with Crippen molar-refractivity contribution < 1.29 is 0 Å². The number of nitrogens with zero attached hydrogens (tertiary/aromatic N) is 3. The third-order valence-electron chi connectivity index (χ3n) is 3.73. The highest BCUT2D eigenvalue weighted by Gasteiger charge is 2.15. The first-order chi connectivity index (χ1) is 9.69. The van der Waals surface area contributed by atoms with Crippen molar-refractivity contribution in [1.29, 1.82) is 0 Å². The lowest BCUT2D eigenvalue weighted by Crippen LogP contribution is -2.45. The second-order valence-corrected chi connectivity index (χ2v) is 5.50. The summed E-state index contributed by atoms with van der Waals surface area (Å²) in [7, 11) is 0. The second-order valence-electron chi connectivity index (χ2n) is 5.50. The smallest absolute Gasteiger partial charge is 0.205 e. The molecular weight excluding hydrogens is 252 g/mol. The lowest BCUT2D eigenvalue weighted by molar-refractivity contribution is 0.564. The van der Waals surface area contributed by atoms with E-state index in [2.05, 4.69) is 33.8 Å². The van der Waals surface area contributed by atoms with Gasteiger partial charge < -0.3 is 5.32 Å². The maximum atomic E-state index is 5.51. The third-order valence-corrected chi connectivity index (χ3v) is 3.73. The SMILES string of the molecule is Cc1cc(C)n(CCCN=C(NN)NC2CCCC2)n1. The van der Waals surface area contributed by atoms with Gasteiger partial charge in [-0.25, -0.2) is 5.84 Å².